The Kier molecular flexibility index (Phi) is 17.2. The second-order valence-corrected chi connectivity index (χ2v) is 33.3. The van der Waals surface area contributed by atoms with Crippen LogP contribution >= 0.6 is 0 Å². The van der Waals surface area contributed by atoms with Gasteiger partial charge in [0, 0.05) is 188 Å². The number of nitrogens with zero attached hydrogens (tertiary/aromatic N) is 27. The molecule has 21 aromatic heterocycles. The second kappa shape index (κ2) is 30.9. The third kappa shape index (κ3) is 12.0. The topological polar surface area (TPSA) is 300 Å². The molecule has 0 saturated carbocycles. The van der Waals surface area contributed by atoms with Gasteiger partial charge in [-0.3, -0.25) is 28.7 Å². The van der Waals surface area contributed by atoms with Crippen LogP contribution < -0.4 is 0 Å². The lowest BCUT2D eigenvalue weighted by atomic mass is 10.00. The van der Waals surface area contributed by atoms with Crippen LogP contribution in [-0.2, 0) is 0 Å². The molecule has 0 spiro atoms. The molecule has 0 unspecified atom stereocenters. The molecule has 0 N–H and O–H groups in total. The van der Waals surface area contributed by atoms with Gasteiger partial charge in [-0.25, -0.2) is 58.6 Å². The molecule has 0 saturated heterocycles. The Hall–Kier alpha value is -19.8. The van der Waals surface area contributed by atoms with Crippen LogP contribution in [-0.4, -0.2) is 132 Å². The van der Waals surface area contributed by atoms with Crippen LogP contribution in [0.2, 0.25) is 0 Å². The molecule has 0 atom stereocenters. The summed E-state index contributed by atoms with van der Waals surface area (Å²) in [7, 11) is 0. The van der Waals surface area contributed by atoms with E-state index in [9.17, 15) is 0 Å². The predicted octanol–water partition coefficient (Wildman–Crippen LogP) is 22.9. The smallest absolute Gasteiger partial charge is 0.242 e. The minimum absolute atomic E-state index is 0.407. The van der Waals surface area contributed by atoms with Crippen molar-refractivity contribution < 1.29 is 0 Å². The molecule has 0 aliphatic rings. The number of pyridine rings is 12. The van der Waals surface area contributed by atoms with E-state index in [0.29, 0.717) is 87.0 Å². The standard InChI is InChI=1S/3C37H21N9/c1-2-15-30-24(9-1)27-12-5-19-39-33(27)45(30)36-42-32(26-11-3-10-25-23(26)17-16-22-8-4-18-38-31(22)25)43-37(44-36)46-34-28(13-6-20-40-34)29-14-7-21-41-35(29)46;1-2-12-25-23(10-1)29(21-22-9-5-17-38-31(22)25)32-42-36(45-30-16-4-3-11-24(30)26-13-6-18-39-33(26)45)44-37(43-32)46-34-27(14-7-19-40-34)28-15-8-20-41-35(28)46;1-2-10-23-22(9-1)21-29(25-12-5-17-38-31(23)25)32-42-36(45-30-16-4-3-11-24(30)26-13-6-18-39-33(26)45)44-37(43-32)46-34-27(14-7-19-40-34)28-15-8-20-41-35(28)46/h3*1-21H. The van der Waals surface area contributed by atoms with Crippen LogP contribution in [0.3, 0.4) is 0 Å². The van der Waals surface area contributed by atoms with Gasteiger partial charge in [0.05, 0.1) is 33.1 Å². The van der Waals surface area contributed by atoms with Gasteiger partial charge in [-0.2, -0.15) is 44.9 Å². The van der Waals surface area contributed by atoms with Crippen LogP contribution in [0, 0.1) is 0 Å². The number of hydrogen-bond acceptors (Lipinski definition) is 21. The maximum Gasteiger partial charge on any atom is 0.242 e. The molecule has 138 heavy (non-hydrogen) atoms. The molecule has 0 aliphatic carbocycles. The van der Waals surface area contributed by atoms with Crippen molar-refractivity contribution in [1.29, 1.82) is 0 Å². The summed E-state index contributed by atoms with van der Waals surface area (Å²) in [6, 6.07) is 104. The van der Waals surface area contributed by atoms with Gasteiger partial charge in [-0.05, 0) is 174 Å². The van der Waals surface area contributed by atoms with Crippen molar-refractivity contribution in [3.05, 3.63) is 384 Å². The van der Waals surface area contributed by atoms with E-state index < -0.39 is 0 Å². The van der Waals surface area contributed by atoms with Crippen molar-refractivity contribution in [2.75, 3.05) is 0 Å². The number of hydrogen-bond donors (Lipinski definition) is 0. The molecule has 30 rings (SSSR count). The van der Waals surface area contributed by atoms with Gasteiger partial charge in [0.1, 0.15) is 50.8 Å². The Bertz CT molecular complexity index is 9210. The van der Waals surface area contributed by atoms with Gasteiger partial charge in [0.2, 0.25) is 35.7 Å². The first-order chi connectivity index (χ1) is 68.5. The summed E-state index contributed by atoms with van der Waals surface area (Å²) in [6.45, 7) is 0. The van der Waals surface area contributed by atoms with Gasteiger partial charge in [0.15, 0.2) is 17.5 Å². The molecule has 27 nitrogen and oxygen atoms in total. The fourth-order valence-corrected chi connectivity index (χ4v) is 19.9. The fourth-order valence-electron chi connectivity index (χ4n) is 19.9. The molecule has 27 heteroatoms. The third-order valence-electron chi connectivity index (χ3n) is 25.8. The van der Waals surface area contributed by atoms with E-state index in [1.165, 1.54) is 0 Å². The van der Waals surface area contributed by atoms with Crippen molar-refractivity contribution in [3.63, 3.8) is 0 Å². The first-order valence-electron chi connectivity index (χ1n) is 44.7. The van der Waals surface area contributed by atoms with Gasteiger partial charge >= 0.3 is 0 Å². The van der Waals surface area contributed by atoms with Crippen molar-refractivity contribution >= 4 is 197 Å². The van der Waals surface area contributed by atoms with E-state index >= 15 is 0 Å². The van der Waals surface area contributed by atoms with E-state index in [1.807, 2.05) is 228 Å². The second-order valence-electron chi connectivity index (χ2n) is 33.3. The molecule has 0 amide bonds. The molecule has 21 heterocycles. The van der Waals surface area contributed by atoms with Gasteiger partial charge in [-0.1, -0.05) is 152 Å². The Balaban J connectivity index is 0.000000102. The molecular weight excluding hydrogens is 1710 g/mol. The van der Waals surface area contributed by atoms with Crippen LogP contribution in [0.15, 0.2) is 384 Å². The lowest BCUT2D eigenvalue weighted by Crippen LogP contribution is -2.11. The zero-order chi connectivity index (χ0) is 90.6. The first kappa shape index (κ1) is 77.0. The van der Waals surface area contributed by atoms with Gasteiger partial charge < -0.3 is 0 Å². The Morgan fingerprint density at radius 3 is 0.783 bits per heavy atom. The molecule has 0 aliphatic heterocycles. The number of rotatable bonds is 9. The minimum Gasteiger partial charge on any atom is -0.262 e. The Labute approximate surface area is 777 Å². The summed E-state index contributed by atoms with van der Waals surface area (Å²) in [6.07, 6.45) is 21.5. The quantitative estimate of drug-likeness (QED) is 0.121. The van der Waals surface area contributed by atoms with Crippen molar-refractivity contribution in [1.82, 2.24) is 132 Å². The summed E-state index contributed by atoms with van der Waals surface area (Å²) in [4.78, 5) is 104. The van der Waals surface area contributed by atoms with Crippen LogP contribution in [0.5, 0.6) is 0 Å². The molecule has 0 fully saturated rings. The predicted molar refractivity (Wildman–Crippen MR) is 540 cm³/mol. The molecule has 30 aromatic rings. The van der Waals surface area contributed by atoms with E-state index in [1.54, 1.807) is 55.8 Å². The molecule has 0 bridgehead atoms. The van der Waals surface area contributed by atoms with E-state index in [4.69, 9.17) is 105 Å². The van der Waals surface area contributed by atoms with Crippen molar-refractivity contribution in [3.8, 4) is 69.9 Å². The Morgan fingerprint density at radius 1 is 0.138 bits per heavy atom. The highest BCUT2D eigenvalue weighted by molar-refractivity contribution is 6.17. The summed E-state index contributed by atoms with van der Waals surface area (Å²) in [5, 5.41) is 21.2. The number of aromatic nitrogens is 27. The number of benzene rings is 9. The Morgan fingerprint density at radius 2 is 0.384 bits per heavy atom. The zero-order valence-corrected chi connectivity index (χ0v) is 72.4. The summed E-state index contributed by atoms with van der Waals surface area (Å²) in [5.74, 6) is 4.11. The van der Waals surface area contributed by atoms with E-state index in [-0.39, 0.29) is 0 Å². The molecular formula is C111H63N27. The van der Waals surface area contributed by atoms with Gasteiger partial charge in [-0.15, -0.1) is 0 Å². The van der Waals surface area contributed by atoms with Gasteiger partial charge in [0.25, 0.3) is 0 Å². The van der Waals surface area contributed by atoms with Crippen LogP contribution in [0.25, 0.3) is 267 Å². The summed E-state index contributed by atoms with van der Waals surface area (Å²) in [5.41, 5.74) is 14.7. The maximum absolute atomic E-state index is 5.20. The van der Waals surface area contributed by atoms with Crippen molar-refractivity contribution in [2.24, 2.45) is 0 Å². The average molecular weight is 1770 g/mol. The minimum atomic E-state index is 0.407. The monoisotopic (exact) mass is 1770 g/mol. The lowest BCUT2D eigenvalue weighted by molar-refractivity contribution is 0.879. The molecule has 0 radical (unpaired) electrons. The normalized spacial score (nSPS) is 11.9. The van der Waals surface area contributed by atoms with Crippen molar-refractivity contribution in [2.45, 2.75) is 0 Å². The largest absolute Gasteiger partial charge is 0.262 e. The summed E-state index contributed by atoms with van der Waals surface area (Å²) < 4.78 is 11.8. The average Bonchev–Trinajstić information content (AvgIpc) is 1.61. The fraction of sp³-hybridized carbons (Fsp3) is 0. The highest BCUT2D eigenvalue weighted by Crippen LogP contribution is 2.43. The van der Waals surface area contributed by atoms with E-state index in [2.05, 4.69) is 127 Å². The van der Waals surface area contributed by atoms with Crippen LogP contribution in [0.1, 0.15) is 0 Å². The van der Waals surface area contributed by atoms with E-state index in [0.717, 1.165) is 180 Å². The zero-order valence-electron chi connectivity index (χ0n) is 72.4. The van der Waals surface area contributed by atoms with Crippen LogP contribution in [0.4, 0.5) is 0 Å². The third-order valence-corrected chi connectivity index (χ3v) is 25.8. The molecule has 642 valence electrons. The highest BCUT2D eigenvalue weighted by atomic mass is 15.3. The number of fused-ring (bicyclic) bond motifs is 27. The molecule has 9 aromatic carbocycles. The SMILES string of the molecule is c1ccc2c(c1)cc(-c1nc(-n3c4ccccc4c4cccnc43)nc(-n3c4ncccc4c4cccnc43)n1)c1cccnc12.c1cnc2c(c1)cc(-c1nc(-n3c4ccccc4c4cccnc43)nc(-n3c4ncccc4c4cccnc43)n1)c1ccccc12.c1cnc2c(c1)ccc1c(-c3nc(-n4c5ccccc5c5cccnc54)nc(-n4c5ncccc5c5cccnc54)n3)cccc12. The lowest BCUT2D eigenvalue weighted by Gasteiger charge is -2.13. The maximum atomic E-state index is 5.20. The first-order valence-corrected chi connectivity index (χ1v) is 44.7. The number of para-hydroxylation sites is 3. The highest BCUT2D eigenvalue weighted by Gasteiger charge is 2.29. The summed E-state index contributed by atoms with van der Waals surface area (Å²) >= 11 is 0.